The summed E-state index contributed by atoms with van der Waals surface area (Å²) in [6.45, 7) is 3.11. The van der Waals surface area contributed by atoms with E-state index in [1.54, 1.807) is 29.2 Å². The minimum atomic E-state index is -0.624. The first kappa shape index (κ1) is 18.6. The number of hydrogen-bond donors (Lipinski definition) is 2. The number of aromatic nitrogens is 1. The molecule has 1 fully saturated rings. The van der Waals surface area contributed by atoms with Gasteiger partial charge in [0, 0.05) is 40.9 Å². The molecule has 0 bridgehead atoms. The molecular weight excluding hydrogens is 374 g/mol. The number of fused-ring (bicyclic) bond motifs is 1. The molecule has 0 unspecified atom stereocenters. The predicted octanol–water partition coefficient (Wildman–Crippen LogP) is 3.84. The van der Waals surface area contributed by atoms with Crippen molar-refractivity contribution in [2.45, 2.75) is 19.8 Å². The molecule has 4 rings (SSSR count). The fourth-order valence-electron chi connectivity index (χ4n) is 3.74. The van der Waals surface area contributed by atoms with E-state index >= 15 is 0 Å². The van der Waals surface area contributed by atoms with Gasteiger partial charge in [-0.15, -0.1) is 0 Å². The van der Waals surface area contributed by atoms with Crippen LogP contribution in [-0.2, 0) is 16.0 Å². The topological polar surface area (TPSA) is 65.2 Å². The fraction of sp³-hybridized carbons (Fsp3) is 0.273. The molecule has 5 nitrogen and oxygen atoms in total. The number of halogens is 1. The lowest BCUT2D eigenvalue weighted by Gasteiger charge is -2.16. The van der Waals surface area contributed by atoms with E-state index in [9.17, 15) is 9.59 Å². The first-order chi connectivity index (χ1) is 13.5. The molecule has 28 heavy (non-hydrogen) atoms. The first-order valence-electron chi connectivity index (χ1n) is 9.44. The third-order valence-corrected chi connectivity index (χ3v) is 5.53. The first-order valence-corrected chi connectivity index (χ1v) is 9.82. The number of nitrogens with one attached hydrogen (secondary N) is 2. The molecule has 0 saturated carbocycles. The van der Waals surface area contributed by atoms with Gasteiger partial charge in [-0.1, -0.05) is 23.2 Å². The molecule has 2 aromatic carbocycles. The zero-order chi connectivity index (χ0) is 19.7. The normalized spacial score (nSPS) is 16.7. The Hall–Kier alpha value is -2.79. The molecule has 0 spiro atoms. The highest BCUT2D eigenvalue weighted by Gasteiger charge is 2.37. The summed E-state index contributed by atoms with van der Waals surface area (Å²) in [6, 6.07) is 13.4. The van der Waals surface area contributed by atoms with Crippen LogP contribution in [0, 0.1) is 12.8 Å². The molecule has 0 aliphatic carbocycles. The maximum absolute atomic E-state index is 12.7. The standard InChI is InChI=1S/C22H22ClN3O2/c1-14-2-7-20-19(12-14)15(13-25-20)8-10-24-21(27)18-9-11-26(22(18)28)17-5-3-16(23)4-6-17/h2-7,12-13,18,25H,8-11H2,1H3,(H,24,27)/t18-/m0/s1. The second-order valence-corrected chi connectivity index (χ2v) is 7.65. The van der Waals surface area contributed by atoms with Crippen molar-refractivity contribution >= 4 is 40.0 Å². The van der Waals surface area contributed by atoms with Crippen LogP contribution in [0.1, 0.15) is 17.5 Å². The average Bonchev–Trinajstić information content (AvgIpc) is 3.26. The zero-order valence-corrected chi connectivity index (χ0v) is 16.4. The average molecular weight is 396 g/mol. The second-order valence-electron chi connectivity index (χ2n) is 7.21. The van der Waals surface area contributed by atoms with Crippen molar-refractivity contribution < 1.29 is 9.59 Å². The van der Waals surface area contributed by atoms with Gasteiger partial charge >= 0.3 is 0 Å². The number of nitrogens with zero attached hydrogens (tertiary/aromatic N) is 1. The molecule has 0 radical (unpaired) electrons. The number of aryl methyl sites for hydroxylation is 1. The van der Waals surface area contributed by atoms with Crippen molar-refractivity contribution in [3.63, 3.8) is 0 Å². The van der Waals surface area contributed by atoms with E-state index in [0.717, 1.165) is 17.6 Å². The van der Waals surface area contributed by atoms with E-state index in [0.29, 0.717) is 24.5 Å². The van der Waals surface area contributed by atoms with Gasteiger partial charge in [-0.05, 0) is 61.7 Å². The van der Waals surface area contributed by atoms with E-state index in [-0.39, 0.29) is 11.8 Å². The molecule has 144 valence electrons. The van der Waals surface area contributed by atoms with E-state index in [1.807, 2.05) is 6.20 Å². The van der Waals surface area contributed by atoms with Gasteiger partial charge < -0.3 is 15.2 Å². The van der Waals surface area contributed by atoms with Crippen LogP contribution in [0.3, 0.4) is 0 Å². The molecule has 2 N–H and O–H groups in total. The van der Waals surface area contributed by atoms with Crippen molar-refractivity contribution in [2.75, 3.05) is 18.0 Å². The number of amides is 2. The second kappa shape index (κ2) is 7.68. The number of carbonyl (C=O) groups is 2. The number of carbonyl (C=O) groups excluding carboxylic acids is 2. The summed E-state index contributed by atoms with van der Waals surface area (Å²) in [5.74, 6) is -0.971. The van der Waals surface area contributed by atoms with Crippen LogP contribution in [-0.4, -0.2) is 29.9 Å². The summed E-state index contributed by atoms with van der Waals surface area (Å²) >= 11 is 5.91. The van der Waals surface area contributed by atoms with Crippen LogP contribution < -0.4 is 10.2 Å². The highest BCUT2D eigenvalue weighted by molar-refractivity contribution is 6.30. The summed E-state index contributed by atoms with van der Waals surface area (Å²) in [5.41, 5.74) is 4.24. The Balaban J connectivity index is 1.35. The molecule has 1 atom stereocenters. The molecular formula is C22H22ClN3O2. The van der Waals surface area contributed by atoms with E-state index in [4.69, 9.17) is 11.6 Å². The van der Waals surface area contributed by atoms with Gasteiger partial charge in [-0.25, -0.2) is 0 Å². The van der Waals surface area contributed by atoms with Crippen LogP contribution in [0.25, 0.3) is 10.9 Å². The van der Waals surface area contributed by atoms with Crippen molar-refractivity contribution in [1.29, 1.82) is 0 Å². The molecule has 3 aromatic rings. The van der Waals surface area contributed by atoms with E-state index < -0.39 is 5.92 Å². The Bertz CT molecular complexity index is 1030. The Kier molecular flexibility index (Phi) is 5.09. The monoisotopic (exact) mass is 395 g/mol. The highest BCUT2D eigenvalue weighted by Crippen LogP contribution is 2.26. The summed E-state index contributed by atoms with van der Waals surface area (Å²) in [6.07, 6.45) is 3.23. The summed E-state index contributed by atoms with van der Waals surface area (Å²) in [7, 11) is 0. The van der Waals surface area contributed by atoms with Gasteiger partial charge in [0.15, 0.2) is 0 Å². The lowest BCUT2D eigenvalue weighted by atomic mass is 10.1. The van der Waals surface area contributed by atoms with Crippen molar-refractivity contribution in [1.82, 2.24) is 10.3 Å². The zero-order valence-electron chi connectivity index (χ0n) is 15.7. The minimum Gasteiger partial charge on any atom is -0.361 e. The van der Waals surface area contributed by atoms with Crippen LogP contribution in [0.5, 0.6) is 0 Å². The smallest absolute Gasteiger partial charge is 0.239 e. The number of anilines is 1. The molecule has 1 aliphatic rings. The number of rotatable bonds is 5. The van der Waals surface area contributed by atoms with Crippen molar-refractivity contribution in [3.05, 3.63) is 64.8 Å². The Morgan fingerprint density at radius 1 is 1.25 bits per heavy atom. The number of hydrogen-bond acceptors (Lipinski definition) is 2. The molecule has 1 aliphatic heterocycles. The van der Waals surface area contributed by atoms with Gasteiger partial charge in [0.05, 0.1) is 0 Å². The van der Waals surface area contributed by atoms with Gasteiger partial charge in [0.1, 0.15) is 5.92 Å². The van der Waals surface area contributed by atoms with Crippen molar-refractivity contribution in [2.24, 2.45) is 5.92 Å². The third kappa shape index (κ3) is 3.62. The molecule has 2 heterocycles. The highest BCUT2D eigenvalue weighted by atomic mass is 35.5. The third-order valence-electron chi connectivity index (χ3n) is 5.28. The molecule has 1 aromatic heterocycles. The fourth-order valence-corrected chi connectivity index (χ4v) is 3.87. The lowest BCUT2D eigenvalue weighted by molar-refractivity contribution is -0.132. The van der Waals surface area contributed by atoms with E-state index in [1.165, 1.54) is 16.5 Å². The number of aromatic amines is 1. The summed E-state index contributed by atoms with van der Waals surface area (Å²) in [5, 5.41) is 4.74. The van der Waals surface area contributed by atoms with Gasteiger partial charge in [-0.2, -0.15) is 0 Å². The van der Waals surface area contributed by atoms with Crippen LogP contribution >= 0.6 is 11.6 Å². The van der Waals surface area contributed by atoms with Crippen LogP contribution in [0.4, 0.5) is 5.69 Å². The molecule has 1 saturated heterocycles. The van der Waals surface area contributed by atoms with Crippen LogP contribution in [0.15, 0.2) is 48.7 Å². The Morgan fingerprint density at radius 2 is 2.04 bits per heavy atom. The lowest BCUT2D eigenvalue weighted by Crippen LogP contribution is -2.37. The largest absolute Gasteiger partial charge is 0.361 e. The van der Waals surface area contributed by atoms with Crippen molar-refractivity contribution in [3.8, 4) is 0 Å². The van der Waals surface area contributed by atoms with Gasteiger partial charge in [0.2, 0.25) is 11.8 Å². The Morgan fingerprint density at radius 3 is 2.82 bits per heavy atom. The van der Waals surface area contributed by atoms with E-state index in [2.05, 4.69) is 35.4 Å². The number of H-pyrrole nitrogens is 1. The Labute approximate surface area is 168 Å². The van der Waals surface area contributed by atoms with Crippen LogP contribution in [0.2, 0.25) is 5.02 Å². The molecule has 6 heteroatoms. The SMILES string of the molecule is Cc1ccc2[nH]cc(CCNC(=O)[C@@H]3CCN(c4ccc(Cl)cc4)C3=O)c2c1. The maximum atomic E-state index is 12.7. The predicted molar refractivity (Wildman–Crippen MR) is 112 cm³/mol. The number of benzene rings is 2. The summed E-state index contributed by atoms with van der Waals surface area (Å²) < 4.78 is 0. The summed E-state index contributed by atoms with van der Waals surface area (Å²) in [4.78, 5) is 30.1. The quantitative estimate of drug-likeness (QED) is 0.644. The molecule has 2 amide bonds. The minimum absolute atomic E-state index is 0.150. The van der Waals surface area contributed by atoms with Gasteiger partial charge in [-0.3, -0.25) is 9.59 Å². The van der Waals surface area contributed by atoms with Gasteiger partial charge in [0.25, 0.3) is 0 Å². The maximum Gasteiger partial charge on any atom is 0.239 e.